The lowest BCUT2D eigenvalue weighted by Crippen LogP contribution is -2.32. The van der Waals surface area contributed by atoms with Crippen molar-refractivity contribution in [3.8, 4) is 0 Å². The number of carbonyl (C=O) groups is 2. The van der Waals surface area contributed by atoms with Gasteiger partial charge >= 0.3 is 5.97 Å². The molecule has 4 heteroatoms. The van der Waals surface area contributed by atoms with Gasteiger partial charge in [0.05, 0.1) is 0 Å². The average Bonchev–Trinajstić information content (AvgIpc) is 2.80. The van der Waals surface area contributed by atoms with Gasteiger partial charge in [0, 0.05) is 5.69 Å². The molecule has 31 heavy (non-hydrogen) atoms. The van der Waals surface area contributed by atoms with Crippen molar-refractivity contribution in [2.75, 3.05) is 5.32 Å². The van der Waals surface area contributed by atoms with Crippen LogP contribution < -0.4 is 5.32 Å². The number of benzene rings is 3. The molecule has 0 spiro atoms. The molecule has 0 saturated heterocycles. The first-order valence-corrected chi connectivity index (χ1v) is 10.7. The molecule has 3 aromatic rings. The molecule has 0 aliphatic heterocycles. The van der Waals surface area contributed by atoms with Gasteiger partial charge in [-0.3, -0.25) is 9.59 Å². The topological polar surface area (TPSA) is 55.4 Å². The number of amides is 1. The molecule has 0 heterocycles. The molecule has 0 aliphatic carbocycles. The van der Waals surface area contributed by atoms with Crippen molar-refractivity contribution in [1.29, 1.82) is 0 Å². The third kappa shape index (κ3) is 5.60. The van der Waals surface area contributed by atoms with Gasteiger partial charge in [-0.05, 0) is 42.0 Å². The Kier molecular flexibility index (Phi) is 7.60. The number of para-hydroxylation sites is 1. The zero-order valence-electron chi connectivity index (χ0n) is 18.2. The number of anilines is 1. The largest absolute Gasteiger partial charge is 0.452 e. The molecule has 160 valence electrons. The zero-order chi connectivity index (χ0) is 22.2. The number of carbonyl (C=O) groups excluding carboxylic acids is 2. The maximum atomic E-state index is 13.1. The van der Waals surface area contributed by atoms with Gasteiger partial charge in [-0.15, -0.1) is 0 Å². The number of esters is 1. The zero-order valence-corrected chi connectivity index (χ0v) is 18.2. The van der Waals surface area contributed by atoms with Gasteiger partial charge < -0.3 is 10.1 Å². The van der Waals surface area contributed by atoms with Crippen LogP contribution in [0.25, 0.3) is 0 Å². The second-order valence-corrected chi connectivity index (χ2v) is 7.72. The van der Waals surface area contributed by atoms with Gasteiger partial charge in [0.25, 0.3) is 5.91 Å². The smallest absolute Gasteiger partial charge is 0.318 e. The van der Waals surface area contributed by atoms with E-state index in [0.29, 0.717) is 5.92 Å². The monoisotopic (exact) mass is 415 g/mol. The van der Waals surface area contributed by atoms with Crippen LogP contribution in [0.1, 0.15) is 55.7 Å². The molecule has 3 rings (SSSR count). The van der Waals surface area contributed by atoms with E-state index in [1.807, 2.05) is 84.9 Å². The van der Waals surface area contributed by atoms with Crippen LogP contribution in [0, 0.1) is 0 Å². The van der Waals surface area contributed by atoms with E-state index in [0.717, 1.165) is 28.8 Å². The van der Waals surface area contributed by atoms with Gasteiger partial charge in [0.1, 0.15) is 5.92 Å². The Bertz CT molecular complexity index is 962. The highest BCUT2D eigenvalue weighted by atomic mass is 16.5. The first kappa shape index (κ1) is 22.3. The molecular formula is C27H29NO3. The maximum absolute atomic E-state index is 13.1. The highest BCUT2D eigenvalue weighted by molar-refractivity contribution is 5.96. The van der Waals surface area contributed by atoms with Crippen molar-refractivity contribution in [3.63, 3.8) is 0 Å². The van der Waals surface area contributed by atoms with Gasteiger partial charge in [-0.2, -0.15) is 0 Å². The van der Waals surface area contributed by atoms with Crippen molar-refractivity contribution in [3.05, 3.63) is 102 Å². The highest BCUT2D eigenvalue weighted by Gasteiger charge is 2.28. The van der Waals surface area contributed by atoms with Gasteiger partial charge in [-0.1, -0.05) is 92.7 Å². The van der Waals surface area contributed by atoms with Crippen LogP contribution >= 0.6 is 0 Å². The lowest BCUT2D eigenvalue weighted by molar-refractivity contribution is -0.153. The molecule has 3 aromatic carbocycles. The lowest BCUT2D eigenvalue weighted by atomic mass is 9.91. The third-order valence-electron chi connectivity index (χ3n) is 5.53. The van der Waals surface area contributed by atoms with Crippen LogP contribution in [0.2, 0.25) is 0 Å². The summed E-state index contributed by atoms with van der Waals surface area (Å²) in [5.74, 6) is -1.07. The summed E-state index contributed by atoms with van der Waals surface area (Å²) in [7, 11) is 0. The van der Waals surface area contributed by atoms with Gasteiger partial charge in [0.15, 0.2) is 6.10 Å². The third-order valence-corrected chi connectivity index (χ3v) is 5.53. The van der Waals surface area contributed by atoms with Crippen LogP contribution in [0.3, 0.4) is 0 Å². The Morgan fingerprint density at radius 3 is 1.87 bits per heavy atom. The first-order chi connectivity index (χ1) is 15.0. The first-order valence-electron chi connectivity index (χ1n) is 10.7. The van der Waals surface area contributed by atoms with Crippen LogP contribution in [0.5, 0.6) is 0 Å². The van der Waals surface area contributed by atoms with Crippen molar-refractivity contribution < 1.29 is 14.3 Å². The van der Waals surface area contributed by atoms with Crippen LogP contribution in [-0.4, -0.2) is 18.0 Å². The SMILES string of the molecule is CC[C@@H](C)c1ccccc1NC(=O)[C@H](C)OC(=O)C(c1ccccc1)c1ccccc1. The molecule has 0 radical (unpaired) electrons. The number of rotatable bonds is 8. The summed E-state index contributed by atoms with van der Waals surface area (Å²) in [6.07, 6.45) is 0.0418. The lowest BCUT2D eigenvalue weighted by Gasteiger charge is -2.21. The summed E-state index contributed by atoms with van der Waals surface area (Å²) in [6, 6.07) is 26.7. The second kappa shape index (κ2) is 10.6. The predicted octanol–water partition coefficient (Wildman–Crippen LogP) is 5.90. The Morgan fingerprint density at radius 2 is 1.32 bits per heavy atom. The van der Waals surface area contributed by atoms with E-state index in [2.05, 4.69) is 19.2 Å². The molecule has 0 saturated carbocycles. The summed E-state index contributed by atoms with van der Waals surface area (Å²) < 4.78 is 5.63. The molecule has 2 atom stereocenters. The number of hydrogen-bond donors (Lipinski definition) is 1. The van der Waals surface area contributed by atoms with E-state index in [1.54, 1.807) is 6.92 Å². The molecule has 0 aromatic heterocycles. The molecule has 0 fully saturated rings. The highest BCUT2D eigenvalue weighted by Crippen LogP contribution is 2.28. The standard InChI is InChI=1S/C27H29NO3/c1-4-19(2)23-17-11-12-18-24(23)28-26(29)20(3)31-27(30)25(21-13-7-5-8-14-21)22-15-9-6-10-16-22/h5-20,25H,4H2,1-3H3,(H,28,29)/t19-,20+/m1/s1. The fraction of sp³-hybridized carbons (Fsp3) is 0.259. The normalized spacial score (nSPS) is 12.8. The molecular weight excluding hydrogens is 386 g/mol. The number of ether oxygens (including phenoxy) is 1. The summed E-state index contributed by atoms with van der Waals surface area (Å²) in [5, 5.41) is 2.93. The Labute approximate surface area is 184 Å². The van der Waals surface area contributed by atoms with E-state index < -0.39 is 18.0 Å². The van der Waals surface area contributed by atoms with Crippen molar-refractivity contribution in [1.82, 2.24) is 0 Å². The Balaban J connectivity index is 1.76. The number of hydrogen-bond acceptors (Lipinski definition) is 3. The molecule has 0 aliphatic rings. The molecule has 0 bridgehead atoms. The molecule has 0 unspecified atom stereocenters. The predicted molar refractivity (Wildman–Crippen MR) is 124 cm³/mol. The van der Waals surface area contributed by atoms with Crippen molar-refractivity contribution in [2.45, 2.75) is 45.1 Å². The Hall–Kier alpha value is -3.40. The summed E-state index contributed by atoms with van der Waals surface area (Å²) in [4.78, 5) is 25.9. The van der Waals surface area contributed by atoms with Crippen LogP contribution in [0.4, 0.5) is 5.69 Å². The summed E-state index contributed by atoms with van der Waals surface area (Å²) in [6.45, 7) is 5.84. The second-order valence-electron chi connectivity index (χ2n) is 7.72. The molecule has 4 nitrogen and oxygen atoms in total. The number of nitrogens with one attached hydrogen (secondary N) is 1. The van der Waals surface area contributed by atoms with E-state index in [-0.39, 0.29) is 5.91 Å². The maximum Gasteiger partial charge on any atom is 0.318 e. The average molecular weight is 416 g/mol. The van der Waals surface area contributed by atoms with E-state index >= 15 is 0 Å². The van der Waals surface area contributed by atoms with Gasteiger partial charge in [0.2, 0.25) is 0 Å². The Morgan fingerprint density at radius 1 is 0.806 bits per heavy atom. The minimum atomic E-state index is -0.924. The van der Waals surface area contributed by atoms with E-state index in [9.17, 15) is 9.59 Å². The summed E-state index contributed by atoms with van der Waals surface area (Å²) >= 11 is 0. The molecule has 1 amide bonds. The van der Waals surface area contributed by atoms with Crippen molar-refractivity contribution >= 4 is 17.6 Å². The fourth-order valence-corrected chi connectivity index (χ4v) is 3.55. The van der Waals surface area contributed by atoms with Crippen LogP contribution in [0.15, 0.2) is 84.9 Å². The quantitative estimate of drug-likeness (QED) is 0.466. The van der Waals surface area contributed by atoms with E-state index in [4.69, 9.17) is 4.74 Å². The summed E-state index contributed by atoms with van der Waals surface area (Å²) in [5.41, 5.74) is 3.48. The van der Waals surface area contributed by atoms with Gasteiger partial charge in [-0.25, -0.2) is 0 Å². The van der Waals surface area contributed by atoms with Crippen molar-refractivity contribution in [2.24, 2.45) is 0 Å². The van der Waals surface area contributed by atoms with E-state index in [1.165, 1.54) is 0 Å². The minimum absolute atomic E-state index is 0.315. The minimum Gasteiger partial charge on any atom is -0.452 e. The molecule has 1 N–H and O–H groups in total. The fourth-order valence-electron chi connectivity index (χ4n) is 3.55. The van der Waals surface area contributed by atoms with Crippen LogP contribution in [-0.2, 0) is 14.3 Å².